The lowest BCUT2D eigenvalue weighted by molar-refractivity contribution is -0.138. The third-order valence-electron chi connectivity index (χ3n) is 3.91. The predicted octanol–water partition coefficient (Wildman–Crippen LogP) is 0.636. The van der Waals surface area contributed by atoms with Crippen molar-refractivity contribution in [2.45, 2.75) is 25.4 Å². The van der Waals surface area contributed by atoms with Crippen LogP contribution in [0.25, 0.3) is 0 Å². The number of rotatable bonds is 4. The average Bonchev–Trinajstić information content (AvgIpc) is 2.47. The van der Waals surface area contributed by atoms with Crippen molar-refractivity contribution in [3.63, 3.8) is 0 Å². The Morgan fingerprint density at radius 1 is 1.22 bits per heavy atom. The van der Waals surface area contributed by atoms with Gasteiger partial charge < -0.3 is 10.0 Å². The number of sulfonamides is 1. The summed E-state index contributed by atoms with van der Waals surface area (Å²) in [6.45, 7) is 1.92. The van der Waals surface area contributed by atoms with Gasteiger partial charge in [-0.05, 0) is 19.1 Å². The molecule has 0 radical (unpaired) electrons. The second kappa shape index (κ2) is 6.67. The summed E-state index contributed by atoms with van der Waals surface area (Å²) in [5.41, 5.74) is 0.501. The summed E-state index contributed by atoms with van der Waals surface area (Å²) >= 11 is 0. The monoisotopic (exact) mass is 340 g/mol. The maximum atomic E-state index is 12.6. The predicted molar refractivity (Wildman–Crippen MR) is 84.5 cm³/mol. The highest BCUT2D eigenvalue weighted by molar-refractivity contribution is 7.88. The van der Waals surface area contributed by atoms with Crippen molar-refractivity contribution in [1.29, 1.82) is 0 Å². The van der Waals surface area contributed by atoms with Gasteiger partial charge >= 0.3 is 5.97 Å². The maximum Gasteiger partial charge on any atom is 0.305 e. The molecule has 1 aliphatic rings. The smallest absolute Gasteiger partial charge is 0.305 e. The van der Waals surface area contributed by atoms with Crippen LogP contribution in [0.1, 0.15) is 23.7 Å². The van der Waals surface area contributed by atoms with E-state index in [4.69, 9.17) is 5.11 Å². The number of hydrogen-bond donors (Lipinski definition) is 1. The van der Waals surface area contributed by atoms with Gasteiger partial charge in [0, 0.05) is 24.7 Å². The van der Waals surface area contributed by atoms with E-state index in [1.54, 1.807) is 42.2 Å². The van der Waals surface area contributed by atoms with Crippen LogP contribution in [0.5, 0.6) is 0 Å². The van der Waals surface area contributed by atoms with Crippen molar-refractivity contribution < 1.29 is 23.1 Å². The lowest BCUT2D eigenvalue weighted by atomic mass is 10.1. The Morgan fingerprint density at radius 3 is 2.35 bits per heavy atom. The molecule has 0 aromatic heterocycles. The van der Waals surface area contributed by atoms with Gasteiger partial charge in [-0.2, -0.15) is 4.31 Å². The van der Waals surface area contributed by atoms with Crippen LogP contribution in [0, 0.1) is 0 Å². The Labute approximate surface area is 135 Å². The molecule has 0 saturated carbocycles. The summed E-state index contributed by atoms with van der Waals surface area (Å²) in [5, 5.41) is 9.03. The number of hydrogen-bond acceptors (Lipinski definition) is 4. The van der Waals surface area contributed by atoms with E-state index in [1.165, 1.54) is 4.31 Å². The van der Waals surface area contributed by atoms with Crippen LogP contribution < -0.4 is 0 Å². The Bertz CT molecular complexity index is 689. The second-order valence-corrected chi connectivity index (χ2v) is 7.69. The minimum Gasteiger partial charge on any atom is -0.481 e. The number of carbonyl (C=O) groups excluding carboxylic acids is 1. The zero-order valence-corrected chi connectivity index (χ0v) is 13.9. The molecule has 0 aliphatic carbocycles. The minimum absolute atomic E-state index is 0.0638. The van der Waals surface area contributed by atoms with E-state index in [2.05, 4.69) is 0 Å². The van der Waals surface area contributed by atoms with Gasteiger partial charge in [0.05, 0.1) is 18.7 Å². The largest absolute Gasteiger partial charge is 0.481 e. The molecule has 8 heteroatoms. The number of carboxylic acid groups (broad SMARTS) is 1. The maximum absolute atomic E-state index is 12.6. The number of amides is 1. The standard InChI is InChI=1S/C15H20N2O5S/c1-11-9-17(23(2,21)22)13(8-14(18)19)10-16(11)15(20)12-6-4-3-5-7-12/h3-7,11,13H,8-10H2,1-2H3,(H,18,19)/t11-,13-/m1/s1. The van der Waals surface area contributed by atoms with Crippen LogP contribution in [0.4, 0.5) is 0 Å². The van der Waals surface area contributed by atoms with Crippen LogP contribution in [-0.2, 0) is 14.8 Å². The van der Waals surface area contributed by atoms with Crippen molar-refractivity contribution >= 4 is 21.9 Å². The van der Waals surface area contributed by atoms with Gasteiger partial charge in [0.25, 0.3) is 5.91 Å². The van der Waals surface area contributed by atoms with Crippen LogP contribution in [0.15, 0.2) is 30.3 Å². The fourth-order valence-corrected chi connectivity index (χ4v) is 3.98. The first-order valence-electron chi connectivity index (χ1n) is 7.24. The number of aliphatic carboxylic acids is 1. The topological polar surface area (TPSA) is 95.0 Å². The first-order valence-corrected chi connectivity index (χ1v) is 9.09. The van der Waals surface area contributed by atoms with E-state index in [9.17, 15) is 18.0 Å². The molecule has 0 spiro atoms. The SMILES string of the molecule is C[C@@H]1CN(S(C)(=O)=O)[C@H](CC(=O)O)CN1C(=O)c1ccccc1. The van der Waals surface area contributed by atoms with Crippen LogP contribution in [-0.4, -0.2) is 66.0 Å². The molecule has 126 valence electrons. The third-order valence-corrected chi connectivity index (χ3v) is 5.21. The molecular weight excluding hydrogens is 320 g/mol. The zero-order valence-electron chi connectivity index (χ0n) is 13.0. The van der Waals surface area contributed by atoms with Crippen molar-refractivity contribution in [2.24, 2.45) is 0 Å². The Balaban J connectivity index is 2.27. The van der Waals surface area contributed by atoms with Gasteiger partial charge in [0.1, 0.15) is 0 Å². The number of benzene rings is 1. The summed E-state index contributed by atoms with van der Waals surface area (Å²) < 4.78 is 25.0. The molecule has 1 amide bonds. The molecule has 1 fully saturated rings. The summed E-state index contributed by atoms with van der Waals surface area (Å²) in [7, 11) is -3.54. The van der Waals surface area contributed by atoms with E-state index in [1.807, 2.05) is 0 Å². The van der Waals surface area contributed by atoms with Gasteiger partial charge in [0.2, 0.25) is 10.0 Å². The van der Waals surface area contributed by atoms with Gasteiger partial charge in [-0.25, -0.2) is 8.42 Å². The zero-order chi connectivity index (χ0) is 17.2. The molecular formula is C15H20N2O5S. The van der Waals surface area contributed by atoms with Crippen molar-refractivity contribution in [3.8, 4) is 0 Å². The highest BCUT2D eigenvalue weighted by atomic mass is 32.2. The van der Waals surface area contributed by atoms with E-state index >= 15 is 0 Å². The highest BCUT2D eigenvalue weighted by Crippen LogP contribution is 2.22. The van der Waals surface area contributed by atoms with Crippen molar-refractivity contribution in [3.05, 3.63) is 35.9 Å². The fraction of sp³-hybridized carbons (Fsp3) is 0.467. The van der Waals surface area contributed by atoms with E-state index < -0.39 is 22.0 Å². The molecule has 2 rings (SSSR count). The molecule has 0 unspecified atom stereocenters. The van der Waals surface area contributed by atoms with E-state index in [0.717, 1.165) is 6.26 Å². The number of carboxylic acids is 1. The van der Waals surface area contributed by atoms with Gasteiger partial charge in [-0.15, -0.1) is 0 Å². The summed E-state index contributed by atoms with van der Waals surface area (Å²) in [6, 6.07) is 7.58. The number of nitrogens with zero attached hydrogens (tertiary/aromatic N) is 2. The lowest BCUT2D eigenvalue weighted by Gasteiger charge is -2.43. The van der Waals surface area contributed by atoms with Crippen LogP contribution in [0.3, 0.4) is 0 Å². The summed E-state index contributed by atoms with van der Waals surface area (Å²) in [6.07, 6.45) is 0.724. The molecule has 1 heterocycles. The van der Waals surface area contributed by atoms with Gasteiger partial charge in [0.15, 0.2) is 0 Å². The first kappa shape index (κ1) is 17.4. The Hall–Kier alpha value is -1.93. The molecule has 0 bridgehead atoms. The van der Waals surface area contributed by atoms with Crippen molar-refractivity contribution in [1.82, 2.24) is 9.21 Å². The molecule has 23 heavy (non-hydrogen) atoms. The van der Waals surface area contributed by atoms with Crippen LogP contribution >= 0.6 is 0 Å². The molecule has 1 aliphatic heterocycles. The molecule has 1 saturated heterocycles. The summed E-state index contributed by atoms with van der Waals surface area (Å²) in [4.78, 5) is 25.2. The highest BCUT2D eigenvalue weighted by Gasteiger charge is 2.39. The average molecular weight is 340 g/mol. The first-order chi connectivity index (χ1) is 10.7. The summed E-state index contributed by atoms with van der Waals surface area (Å²) in [5.74, 6) is -1.31. The van der Waals surface area contributed by atoms with Gasteiger partial charge in [-0.1, -0.05) is 18.2 Å². The molecule has 1 aromatic rings. The number of piperazine rings is 1. The minimum atomic E-state index is -3.54. The number of carbonyl (C=O) groups is 2. The molecule has 7 nitrogen and oxygen atoms in total. The molecule has 2 atom stereocenters. The van der Waals surface area contributed by atoms with Crippen molar-refractivity contribution in [2.75, 3.05) is 19.3 Å². The molecule has 1 N–H and O–H groups in total. The van der Waals surface area contributed by atoms with E-state index in [0.29, 0.717) is 5.56 Å². The van der Waals surface area contributed by atoms with Crippen LogP contribution in [0.2, 0.25) is 0 Å². The second-order valence-electron chi connectivity index (χ2n) is 5.76. The Kier molecular flexibility index (Phi) is 5.06. The molecule has 1 aromatic carbocycles. The Morgan fingerprint density at radius 2 is 1.83 bits per heavy atom. The van der Waals surface area contributed by atoms with Gasteiger partial charge in [-0.3, -0.25) is 9.59 Å². The third kappa shape index (κ3) is 4.08. The quantitative estimate of drug-likeness (QED) is 0.868. The van der Waals surface area contributed by atoms with E-state index in [-0.39, 0.29) is 31.5 Å². The lowest BCUT2D eigenvalue weighted by Crippen LogP contribution is -2.60. The fourth-order valence-electron chi connectivity index (χ4n) is 2.81. The normalized spacial score (nSPS) is 22.8.